The summed E-state index contributed by atoms with van der Waals surface area (Å²) in [5, 5.41) is 9.83. The fraction of sp³-hybridized carbons (Fsp3) is 0.167. The van der Waals surface area contributed by atoms with Crippen molar-refractivity contribution in [1.82, 2.24) is 0 Å². The number of rotatable bonds is 7. The number of anilines is 4. The number of benzene rings is 5. The first-order valence-electron chi connectivity index (χ1n) is 13.7. The van der Waals surface area contributed by atoms with Crippen LogP contribution in [0.2, 0.25) is 0 Å². The van der Waals surface area contributed by atoms with Gasteiger partial charge in [-0.05, 0) is 113 Å². The lowest BCUT2D eigenvalue weighted by molar-refractivity contribution is 0.629. The van der Waals surface area contributed by atoms with E-state index in [1.165, 1.54) is 23.3 Å². The van der Waals surface area contributed by atoms with Gasteiger partial charge in [-0.1, -0.05) is 65.7 Å². The summed E-state index contributed by atoms with van der Waals surface area (Å²) in [5.74, 6) is -0.662. The first kappa shape index (κ1) is 28.5. The average Bonchev–Trinajstić information content (AvgIpc) is 2.91. The average molecular weight is 565 g/mol. The van der Waals surface area contributed by atoms with Gasteiger partial charge in [-0.25, -0.2) is 8.78 Å². The van der Waals surface area contributed by atoms with Gasteiger partial charge in [-0.3, -0.25) is 0 Å². The third kappa shape index (κ3) is 6.19. The Morgan fingerprint density at radius 2 is 0.878 bits per heavy atom. The highest BCUT2D eigenvalue weighted by Crippen LogP contribution is 2.41. The van der Waals surface area contributed by atoms with Crippen LogP contribution in [0.3, 0.4) is 0 Å². The van der Waals surface area contributed by atoms with E-state index in [4.69, 9.17) is 0 Å². The molecule has 0 aliphatic carbocycles. The molecule has 5 aromatic carbocycles. The van der Waals surface area contributed by atoms with E-state index in [1.807, 2.05) is 30.3 Å². The Kier molecular flexibility index (Phi) is 8.24. The normalized spacial score (nSPS) is 11.1. The van der Waals surface area contributed by atoms with Crippen LogP contribution < -0.4 is 26.5 Å². The van der Waals surface area contributed by atoms with Crippen LogP contribution in [-0.2, 0) is 0 Å². The fourth-order valence-electron chi connectivity index (χ4n) is 5.60. The SMILES string of the molecule is Cc1cc(C)c(Nc2ccc(F)cc2P(c2ccccc2)c2cc(F)ccc2Nc2c(C)cc(C)cc2C)c(C)c1. The molecule has 0 bridgehead atoms. The molecule has 5 rings (SSSR count). The second kappa shape index (κ2) is 11.8. The Balaban J connectivity index is 1.72. The molecule has 2 N–H and O–H groups in total. The highest BCUT2D eigenvalue weighted by Gasteiger charge is 2.25. The van der Waals surface area contributed by atoms with Gasteiger partial charge >= 0.3 is 0 Å². The Bertz CT molecular complexity index is 1580. The van der Waals surface area contributed by atoms with Crippen LogP contribution >= 0.6 is 7.92 Å². The molecular formula is C36H35F2N2P. The summed E-state index contributed by atoms with van der Waals surface area (Å²) >= 11 is 0. The number of hydrogen-bond acceptors (Lipinski definition) is 2. The van der Waals surface area contributed by atoms with Gasteiger partial charge in [-0.15, -0.1) is 0 Å². The minimum atomic E-state index is -1.37. The molecule has 0 spiro atoms. The van der Waals surface area contributed by atoms with E-state index >= 15 is 8.78 Å². The fourth-order valence-corrected chi connectivity index (χ4v) is 8.13. The molecule has 5 aromatic rings. The molecule has 0 heterocycles. The summed E-state index contributed by atoms with van der Waals surface area (Å²) < 4.78 is 30.1. The highest BCUT2D eigenvalue weighted by atomic mass is 31.1. The lowest BCUT2D eigenvalue weighted by Gasteiger charge is -2.27. The van der Waals surface area contributed by atoms with Crippen LogP contribution in [0.25, 0.3) is 0 Å². The molecule has 0 amide bonds. The van der Waals surface area contributed by atoms with Crippen LogP contribution in [0, 0.1) is 53.2 Å². The van der Waals surface area contributed by atoms with Crippen molar-refractivity contribution in [2.24, 2.45) is 0 Å². The quantitative estimate of drug-likeness (QED) is 0.193. The Hall–Kier alpha value is -4.01. The highest BCUT2D eigenvalue weighted by molar-refractivity contribution is 7.80. The van der Waals surface area contributed by atoms with Gasteiger partial charge in [0.15, 0.2) is 0 Å². The standard InChI is InChI=1S/C36H35F2N2P/c1-22-16-24(3)35(25(4)17-22)39-31-14-12-28(37)20-33(31)41(30-10-8-7-9-11-30)34-21-29(38)13-15-32(34)40-36-26(5)18-23(2)19-27(36)6/h7-21,39-40H,1-6H3. The van der Waals surface area contributed by atoms with Crippen molar-refractivity contribution in [3.05, 3.63) is 136 Å². The van der Waals surface area contributed by atoms with Crippen LogP contribution in [0.5, 0.6) is 0 Å². The van der Waals surface area contributed by atoms with Crippen molar-refractivity contribution < 1.29 is 8.78 Å². The maximum atomic E-state index is 15.1. The lowest BCUT2D eigenvalue weighted by Crippen LogP contribution is -2.25. The van der Waals surface area contributed by atoms with Crippen molar-refractivity contribution in [3.8, 4) is 0 Å². The molecule has 0 atom stereocenters. The molecule has 0 unspecified atom stereocenters. The van der Waals surface area contributed by atoms with Crippen LogP contribution in [0.1, 0.15) is 33.4 Å². The number of aryl methyl sites for hydroxylation is 6. The van der Waals surface area contributed by atoms with Gasteiger partial charge in [0.05, 0.1) is 0 Å². The molecule has 0 aliphatic rings. The zero-order valence-corrected chi connectivity index (χ0v) is 25.3. The summed E-state index contributed by atoms with van der Waals surface area (Å²) in [5.41, 5.74) is 10.4. The summed E-state index contributed by atoms with van der Waals surface area (Å²) in [7, 11) is -1.37. The van der Waals surface area contributed by atoms with Gasteiger partial charge in [0.2, 0.25) is 0 Å². The summed E-state index contributed by atoms with van der Waals surface area (Å²) in [4.78, 5) is 0. The van der Waals surface area contributed by atoms with Crippen molar-refractivity contribution in [3.63, 3.8) is 0 Å². The Morgan fingerprint density at radius 1 is 0.488 bits per heavy atom. The molecule has 41 heavy (non-hydrogen) atoms. The summed E-state index contributed by atoms with van der Waals surface area (Å²) in [6.07, 6.45) is 0. The predicted molar refractivity (Wildman–Crippen MR) is 173 cm³/mol. The minimum Gasteiger partial charge on any atom is -0.355 e. The maximum absolute atomic E-state index is 15.1. The van der Waals surface area contributed by atoms with E-state index in [2.05, 4.69) is 76.4 Å². The van der Waals surface area contributed by atoms with Crippen molar-refractivity contribution in [2.75, 3.05) is 10.6 Å². The van der Waals surface area contributed by atoms with E-state index < -0.39 is 7.92 Å². The van der Waals surface area contributed by atoms with Crippen LogP contribution in [0.4, 0.5) is 31.5 Å². The molecule has 0 fully saturated rings. The zero-order valence-electron chi connectivity index (χ0n) is 24.4. The molecule has 2 nitrogen and oxygen atoms in total. The van der Waals surface area contributed by atoms with Gasteiger partial charge in [-0.2, -0.15) is 0 Å². The number of nitrogens with one attached hydrogen (secondary N) is 2. The van der Waals surface area contributed by atoms with E-state index in [-0.39, 0.29) is 11.6 Å². The Morgan fingerprint density at radius 3 is 1.27 bits per heavy atom. The Labute approximate surface area is 243 Å². The summed E-state index contributed by atoms with van der Waals surface area (Å²) in [6, 6.07) is 28.3. The van der Waals surface area contributed by atoms with E-state index in [0.29, 0.717) is 0 Å². The van der Waals surface area contributed by atoms with Crippen molar-refractivity contribution in [2.45, 2.75) is 41.5 Å². The third-order valence-electron chi connectivity index (χ3n) is 7.29. The molecule has 208 valence electrons. The summed E-state index contributed by atoms with van der Waals surface area (Å²) in [6.45, 7) is 12.5. The second-order valence-electron chi connectivity index (χ2n) is 10.8. The van der Waals surface area contributed by atoms with Gasteiger partial charge < -0.3 is 10.6 Å². The smallest absolute Gasteiger partial charge is 0.124 e. The maximum Gasteiger partial charge on any atom is 0.124 e. The van der Waals surface area contributed by atoms with Crippen molar-refractivity contribution >= 4 is 46.6 Å². The third-order valence-corrected chi connectivity index (χ3v) is 9.81. The van der Waals surface area contributed by atoms with Crippen molar-refractivity contribution in [1.29, 1.82) is 0 Å². The predicted octanol–water partition coefficient (Wildman–Crippen LogP) is 9.06. The molecule has 0 saturated carbocycles. The van der Waals surface area contributed by atoms with E-state index in [0.717, 1.165) is 60.9 Å². The molecule has 0 radical (unpaired) electrons. The number of hydrogen-bond donors (Lipinski definition) is 2. The monoisotopic (exact) mass is 564 g/mol. The van der Waals surface area contributed by atoms with Gasteiger partial charge in [0, 0.05) is 33.4 Å². The van der Waals surface area contributed by atoms with Crippen LogP contribution in [-0.4, -0.2) is 0 Å². The topological polar surface area (TPSA) is 24.1 Å². The molecule has 0 saturated heterocycles. The van der Waals surface area contributed by atoms with E-state index in [1.54, 1.807) is 24.3 Å². The van der Waals surface area contributed by atoms with Gasteiger partial charge in [0.1, 0.15) is 11.6 Å². The molecule has 5 heteroatoms. The first-order valence-corrected chi connectivity index (χ1v) is 15.1. The lowest BCUT2D eigenvalue weighted by atomic mass is 10.0. The number of halogens is 2. The zero-order chi connectivity index (χ0) is 29.3. The van der Waals surface area contributed by atoms with E-state index in [9.17, 15) is 0 Å². The molecule has 0 aromatic heterocycles. The molecule has 0 aliphatic heterocycles. The molecular weight excluding hydrogens is 529 g/mol. The van der Waals surface area contributed by atoms with Crippen LogP contribution in [0.15, 0.2) is 91.0 Å². The minimum absolute atomic E-state index is 0.331. The largest absolute Gasteiger partial charge is 0.355 e. The first-order chi connectivity index (χ1) is 19.6. The van der Waals surface area contributed by atoms with Gasteiger partial charge in [0.25, 0.3) is 0 Å². The second-order valence-corrected chi connectivity index (χ2v) is 12.9.